The van der Waals surface area contributed by atoms with Crippen LogP contribution in [0, 0.1) is 0 Å². The summed E-state index contributed by atoms with van der Waals surface area (Å²) in [5, 5.41) is 5.75. The van der Waals surface area contributed by atoms with Crippen LogP contribution in [0.5, 0.6) is 0 Å². The van der Waals surface area contributed by atoms with Gasteiger partial charge >= 0.3 is 0 Å². The molecule has 1 nitrogen and oxygen atoms in total. The average Bonchev–Trinajstić information content (AvgIpc) is 2.49. The van der Waals surface area contributed by atoms with Crippen molar-refractivity contribution in [3.63, 3.8) is 0 Å². The maximum Gasteiger partial charge on any atom is 0.0285 e. The Bertz CT molecular complexity index is 291. The third-order valence-electron chi connectivity index (χ3n) is 2.81. The van der Waals surface area contributed by atoms with Gasteiger partial charge in [0.2, 0.25) is 0 Å². The molecule has 0 aromatic carbocycles. The highest BCUT2D eigenvalue weighted by Crippen LogP contribution is 2.40. The molecule has 0 amide bonds. The second-order valence-corrected chi connectivity index (χ2v) is 5.85. The molecule has 1 saturated carbocycles. The van der Waals surface area contributed by atoms with Crippen molar-refractivity contribution in [1.29, 1.82) is 0 Å². The molecule has 0 unspecified atom stereocenters. The molecule has 1 aromatic heterocycles. The van der Waals surface area contributed by atoms with E-state index in [4.69, 9.17) is 0 Å². The molecule has 0 saturated heterocycles. The van der Waals surface area contributed by atoms with Gasteiger partial charge in [0, 0.05) is 20.8 Å². The Morgan fingerprint density at radius 1 is 1.57 bits per heavy atom. The van der Waals surface area contributed by atoms with E-state index in [0.717, 1.165) is 12.0 Å². The second kappa shape index (κ2) is 4.77. The van der Waals surface area contributed by atoms with E-state index >= 15 is 0 Å². The highest BCUT2D eigenvalue weighted by Gasteiger charge is 2.30. The van der Waals surface area contributed by atoms with Crippen LogP contribution in [0.4, 0.5) is 0 Å². The first kappa shape index (κ1) is 10.7. The minimum atomic E-state index is 0.779. The summed E-state index contributed by atoms with van der Waals surface area (Å²) in [4.78, 5) is 1.55. The molecule has 78 valence electrons. The summed E-state index contributed by atoms with van der Waals surface area (Å²) in [7, 11) is 0. The number of thiophene rings is 1. The van der Waals surface area contributed by atoms with E-state index in [1.54, 1.807) is 4.88 Å². The fourth-order valence-corrected chi connectivity index (χ4v) is 3.48. The van der Waals surface area contributed by atoms with E-state index in [1.807, 2.05) is 11.3 Å². The third kappa shape index (κ3) is 2.38. The molecular weight excluding hydrogens is 258 g/mol. The van der Waals surface area contributed by atoms with E-state index in [9.17, 15) is 0 Å². The van der Waals surface area contributed by atoms with Crippen LogP contribution in [0.1, 0.15) is 37.0 Å². The van der Waals surface area contributed by atoms with E-state index in [0.29, 0.717) is 0 Å². The van der Waals surface area contributed by atoms with Crippen molar-refractivity contribution in [2.24, 2.45) is 0 Å². The second-order valence-electron chi connectivity index (χ2n) is 3.99. The van der Waals surface area contributed by atoms with Crippen molar-refractivity contribution < 1.29 is 0 Å². The lowest BCUT2D eigenvalue weighted by atomic mass is 9.79. The molecule has 1 N–H and O–H groups in total. The van der Waals surface area contributed by atoms with Gasteiger partial charge in [-0.25, -0.2) is 0 Å². The summed E-state index contributed by atoms with van der Waals surface area (Å²) < 4.78 is 1.24. The average molecular weight is 274 g/mol. The summed E-state index contributed by atoms with van der Waals surface area (Å²) in [5.74, 6) is 0.820. The SMILES string of the molecule is CCCNC1CC(c2cc(Br)cs2)C1. The maximum atomic E-state index is 3.57. The van der Waals surface area contributed by atoms with Crippen LogP contribution in [0.2, 0.25) is 0 Å². The van der Waals surface area contributed by atoms with Crippen molar-refractivity contribution in [2.45, 2.75) is 38.1 Å². The fraction of sp³-hybridized carbons (Fsp3) is 0.636. The van der Waals surface area contributed by atoms with Gasteiger partial charge in [0.15, 0.2) is 0 Å². The molecule has 1 heterocycles. The van der Waals surface area contributed by atoms with Gasteiger partial charge in [-0.1, -0.05) is 6.92 Å². The molecular formula is C11H16BrNS. The van der Waals surface area contributed by atoms with Gasteiger partial charge < -0.3 is 5.32 Å². The van der Waals surface area contributed by atoms with E-state index in [2.05, 4.69) is 39.6 Å². The third-order valence-corrected chi connectivity index (χ3v) is 4.67. The van der Waals surface area contributed by atoms with Crippen LogP contribution in [0.25, 0.3) is 0 Å². The first-order valence-corrected chi connectivity index (χ1v) is 6.94. The quantitative estimate of drug-likeness (QED) is 0.881. The Morgan fingerprint density at radius 3 is 2.93 bits per heavy atom. The first-order chi connectivity index (χ1) is 6.79. The van der Waals surface area contributed by atoms with E-state index in [-0.39, 0.29) is 0 Å². The predicted molar refractivity (Wildman–Crippen MR) is 66.1 cm³/mol. The summed E-state index contributed by atoms with van der Waals surface area (Å²) >= 11 is 5.39. The maximum absolute atomic E-state index is 3.57. The Hall–Kier alpha value is 0.140. The summed E-state index contributed by atoms with van der Waals surface area (Å²) in [6.07, 6.45) is 3.89. The number of halogens is 1. The van der Waals surface area contributed by atoms with Crippen molar-refractivity contribution >= 4 is 27.3 Å². The fourth-order valence-electron chi connectivity index (χ4n) is 1.91. The zero-order valence-electron chi connectivity index (χ0n) is 8.42. The minimum absolute atomic E-state index is 0.779. The number of rotatable bonds is 4. The van der Waals surface area contributed by atoms with Gasteiger partial charge in [0.05, 0.1) is 0 Å². The van der Waals surface area contributed by atoms with Crippen LogP contribution in [0.3, 0.4) is 0 Å². The number of hydrogen-bond acceptors (Lipinski definition) is 2. The van der Waals surface area contributed by atoms with Gasteiger partial charge in [-0.2, -0.15) is 0 Å². The van der Waals surface area contributed by atoms with Gasteiger partial charge in [0.25, 0.3) is 0 Å². The lowest BCUT2D eigenvalue weighted by Gasteiger charge is -2.35. The molecule has 0 bridgehead atoms. The molecule has 1 aliphatic carbocycles. The zero-order chi connectivity index (χ0) is 9.97. The predicted octanol–water partition coefficient (Wildman–Crippen LogP) is 3.76. The topological polar surface area (TPSA) is 12.0 Å². The molecule has 0 aliphatic heterocycles. The Labute approximate surface area is 98.0 Å². The van der Waals surface area contributed by atoms with Gasteiger partial charge in [-0.15, -0.1) is 11.3 Å². The van der Waals surface area contributed by atoms with Crippen molar-refractivity contribution in [3.8, 4) is 0 Å². The molecule has 1 aromatic rings. The van der Waals surface area contributed by atoms with E-state index < -0.39 is 0 Å². The monoisotopic (exact) mass is 273 g/mol. The van der Waals surface area contributed by atoms with E-state index in [1.165, 1.54) is 30.3 Å². The molecule has 0 spiro atoms. The minimum Gasteiger partial charge on any atom is -0.314 e. The summed E-state index contributed by atoms with van der Waals surface area (Å²) in [6, 6.07) is 3.05. The van der Waals surface area contributed by atoms with Gasteiger partial charge in [-0.3, -0.25) is 0 Å². The smallest absolute Gasteiger partial charge is 0.0285 e. The standard InChI is InChI=1S/C11H16BrNS/c1-2-3-13-10-4-8(5-10)11-6-9(12)7-14-11/h6-8,10,13H,2-5H2,1H3. The molecule has 1 fully saturated rings. The molecule has 0 radical (unpaired) electrons. The Kier molecular flexibility index (Phi) is 3.63. The highest BCUT2D eigenvalue weighted by molar-refractivity contribution is 9.10. The summed E-state index contributed by atoms with van der Waals surface area (Å²) in [6.45, 7) is 3.39. The van der Waals surface area contributed by atoms with Crippen molar-refractivity contribution in [1.82, 2.24) is 5.32 Å². The van der Waals surface area contributed by atoms with Gasteiger partial charge in [-0.05, 0) is 53.7 Å². The van der Waals surface area contributed by atoms with Crippen LogP contribution in [-0.4, -0.2) is 12.6 Å². The van der Waals surface area contributed by atoms with Crippen molar-refractivity contribution in [3.05, 3.63) is 20.8 Å². The number of hydrogen-bond donors (Lipinski definition) is 1. The normalized spacial score (nSPS) is 26.1. The van der Waals surface area contributed by atoms with Gasteiger partial charge in [0.1, 0.15) is 0 Å². The van der Waals surface area contributed by atoms with Crippen LogP contribution < -0.4 is 5.32 Å². The highest BCUT2D eigenvalue weighted by atomic mass is 79.9. The van der Waals surface area contributed by atoms with Crippen LogP contribution in [0.15, 0.2) is 15.9 Å². The Morgan fingerprint density at radius 2 is 2.36 bits per heavy atom. The lowest BCUT2D eigenvalue weighted by Crippen LogP contribution is -2.40. The lowest BCUT2D eigenvalue weighted by molar-refractivity contribution is 0.295. The molecule has 1 aliphatic rings. The molecule has 2 rings (SSSR count). The largest absolute Gasteiger partial charge is 0.314 e. The van der Waals surface area contributed by atoms with Crippen LogP contribution >= 0.6 is 27.3 Å². The molecule has 14 heavy (non-hydrogen) atoms. The molecule has 0 atom stereocenters. The first-order valence-electron chi connectivity index (χ1n) is 5.27. The van der Waals surface area contributed by atoms with Crippen molar-refractivity contribution in [2.75, 3.05) is 6.54 Å². The van der Waals surface area contributed by atoms with Crippen LogP contribution in [-0.2, 0) is 0 Å². The molecule has 3 heteroatoms. The number of nitrogens with one attached hydrogen (secondary N) is 1. The zero-order valence-corrected chi connectivity index (χ0v) is 10.8. The summed E-state index contributed by atoms with van der Waals surface area (Å²) in [5.41, 5.74) is 0. The Balaban J connectivity index is 1.77.